The normalized spacial score (nSPS) is 20.9. The molecule has 1 heterocycles. The Bertz CT molecular complexity index is 322. The topological polar surface area (TPSA) is 35.2 Å². The van der Waals surface area contributed by atoms with Crippen LogP contribution in [0.25, 0.3) is 0 Å². The van der Waals surface area contributed by atoms with Gasteiger partial charge in [-0.2, -0.15) is 0 Å². The number of rotatable bonds is 1. The Balaban J connectivity index is 2.39. The first kappa shape index (κ1) is 9.53. The van der Waals surface area contributed by atoms with Crippen LogP contribution in [0.3, 0.4) is 0 Å². The van der Waals surface area contributed by atoms with Gasteiger partial charge in [-0.15, -0.1) is 0 Å². The molecule has 1 aliphatic rings. The van der Waals surface area contributed by atoms with E-state index in [1.54, 1.807) is 0 Å². The average molecular weight is 191 g/mol. The molecule has 2 nitrogen and oxygen atoms in total. The molecular weight excluding hydrogens is 174 g/mol. The van der Waals surface area contributed by atoms with E-state index in [1.807, 2.05) is 0 Å². The molecule has 2 N–H and O–H groups in total. The summed E-state index contributed by atoms with van der Waals surface area (Å²) in [5.41, 5.74) is 8.61. The predicted molar refractivity (Wildman–Crippen MR) is 57.5 cm³/mol. The highest BCUT2D eigenvalue weighted by molar-refractivity contribution is 5.39. The zero-order valence-electron chi connectivity index (χ0n) is 8.62. The van der Waals surface area contributed by atoms with Crippen molar-refractivity contribution >= 4 is 0 Å². The van der Waals surface area contributed by atoms with Gasteiger partial charge < -0.3 is 10.5 Å². The molecule has 76 valence electrons. The van der Waals surface area contributed by atoms with Crippen molar-refractivity contribution in [2.24, 2.45) is 5.73 Å². The highest BCUT2D eigenvalue weighted by Gasteiger charge is 2.16. The van der Waals surface area contributed by atoms with Gasteiger partial charge in [0.15, 0.2) is 0 Å². The Kier molecular flexibility index (Phi) is 2.73. The van der Waals surface area contributed by atoms with Gasteiger partial charge in [-0.1, -0.05) is 19.1 Å². The maximum atomic E-state index is 6.09. The third-order valence-corrected chi connectivity index (χ3v) is 2.80. The molecule has 1 atom stereocenters. The van der Waals surface area contributed by atoms with E-state index in [4.69, 9.17) is 10.5 Å². The zero-order chi connectivity index (χ0) is 9.97. The van der Waals surface area contributed by atoms with Crippen LogP contribution in [0, 0.1) is 0 Å². The Hall–Kier alpha value is -1.02. The molecule has 0 bridgehead atoms. The fourth-order valence-electron chi connectivity index (χ4n) is 1.88. The Morgan fingerprint density at radius 1 is 1.50 bits per heavy atom. The smallest absolute Gasteiger partial charge is 0.124 e. The Labute approximate surface area is 85.1 Å². The first-order valence-electron chi connectivity index (χ1n) is 5.32. The number of ether oxygens (including phenoxy) is 1. The number of fused-ring (bicyclic) bond motifs is 1. The van der Waals surface area contributed by atoms with Gasteiger partial charge in [-0.05, 0) is 30.9 Å². The minimum atomic E-state index is 0.152. The van der Waals surface area contributed by atoms with Gasteiger partial charge in [-0.3, -0.25) is 0 Å². The lowest BCUT2D eigenvalue weighted by atomic mass is 10.00. The summed E-state index contributed by atoms with van der Waals surface area (Å²) in [6.07, 6.45) is 3.14. The second kappa shape index (κ2) is 4.01. The number of nitrogens with two attached hydrogens (primary N) is 1. The van der Waals surface area contributed by atoms with Gasteiger partial charge in [-0.25, -0.2) is 0 Å². The van der Waals surface area contributed by atoms with E-state index in [0.717, 1.165) is 31.6 Å². The highest BCUT2D eigenvalue weighted by Crippen LogP contribution is 2.30. The fourth-order valence-corrected chi connectivity index (χ4v) is 1.88. The van der Waals surface area contributed by atoms with Gasteiger partial charge in [0.1, 0.15) is 5.75 Å². The molecule has 2 heteroatoms. The van der Waals surface area contributed by atoms with Gasteiger partial charge in [0.2, 0.25) is 0 Å². The summed E-state index contributed by atoms with van der Waals surface area (Å²) >= 11 is 0. The highest BCUT2D eigenvalue weighted by atomic mass is 16.5. The summed E-state index contributed by atoms with van der Waals surface area (Å²) < 4.78 is 5.64. The molecule has 1 aromatic carbocycles. The molecule has 0 unspecified atom stereocenters. The van der Waals surface area contributed by atoms with E-state index >= 15 is 0 Å². The minimum absolute atomic E-state index is 0.152. The van der Waals surface area contributed by atoms with Gasteiger partial charge >= 0.3 is 0 Å². The number of hydrogen-bond donors (Lipinski definition) is 1. The van der Waals surface area contributed by atoms with Crippen molar-refractivity contribution in [2.75, 3.05) is 6.61 Å². The lowest BCUT2D eigenvalue weighted by Crippen LogP contribution is -2.09. The maximum Gasteiger partial charge on any atom is 0.124 e. The Morgan fingerprint density at radius 3 is 3.14 bits per heavy atom. The summed E-state index contributed by atoms with van der Waals surface area (Å²) in [4.78, 5) is 0. The number of benzene rings is 1. The molecule has 0 saturated carbocycles. The molecule has 0 fully saturated rings. The van der Waals surface area contributed by atoms with E-state index in [0.29, 0.717) is 0 Å². The lowest BCUT2D eigenvalue weighted by Gasteiger charge is -2.12. The quantitative estimate of drug-likeness (QED) is 0.740. The third kappa shape index (κ3) is 1.75. The first-order chi connectivity index (χ1) is 6.81. The molecule has 0 spiro atoms. The van der Waals surface area contributed by atoms with Crippen molar-refractivity contribution in [1.29, 1.82) is 0 Å². The van der Waals surface area contributed by atoms with Crippen LogP contribution in [0.5, 0.6) is 5.75 Å². The van der Waals surface area contributed by atoms with Crippen LogP contribution in [0.2, 0.25) is 0 Å². The van der Waals surface area contributed by atoms with Crippen LogP contribution < -0.4 is 10.5 Å². The molecule has 1 aliphatic heterocycles. The van der Waals surface area contributed by atoms with Crippen LogP contribution in [0.1, 0.15) is 36.9 Å². The minimum Gasteiger partial charge on any atom is -0.493 e. The molecule has 0 aliphatic carbocycles. The first-order valence-corrected chi connectivity index (χ1v) is 5.32. The van der Waals surface area contributed by atoms with E-state index < -0.39 is 0 Å². The Morgan fingerprint density at radius 2 is 2.36 bits per heavy atom. The maximum absolute atomic E-state index is 6.09. The van der Waals surface area contributed by atoms with E-state index in [-0.39, 0.29) is 6.04 Å². The number of hydrogen-bond acceptors (Lipinski definition) is 2. The van der Waals surface area contributed by atoms with E-state index in [2.05, 4.69) is 25.1 Å². The lowest BCUT2D eigenvalue weighted by molar-refractivity contribution is 0.316. The van der Waals surface area contributed by atoms with Crippen LogP contribution in [0.15, 0.2) is 18.2 Å². The van der Waals surface area contributed by atoms with Gasteiger partial charge in [0, 0.05) is 11.6 Å². The zero-order valence-corrected chi connectivity index (χ0v) is 8.62. The van der Waals surface area contributed by atoms with Crippen molar-refractivity contribution in [3.05, 3.63) is 29.3 Å². The van der Waals surface area contributed by atoms with E-state index in [9.17, 15) is 0 Å². The average Bonchev–Trinajstić information content (AvgIpc) is 2.40. The van der Waals surface area contributed by atoms with Crippen molar-refractivity contribution < 1.29 is 4.74 Å². The van der Waals surface area contributed by atoms with Crippen molar-refractivity contribution in [3.63, 3.8) is 0 Å². The third-order valence-electron chi connectivity index (χ3n) is 2.80. The molecular formula is C12H17NO. The second-order valence-corrected chi connectivity index (χ2v) is 3.82. The second-order valence-electron chi connectivity index (χ2n) is 3.82. The molecule has 14 heavy (non-hydrogen) atoms. The van der Waals surface area contributed by atoms with Gasteiger partial charge in [0.05, 0.1) is 6.61 Å². The SMILES string of the molecule is CCc1ccc2c(c1)[C@H](N)CCCO2. The summed E-state index contributed by atoms with van der Waals surface area (Å²) in [5.74, 6) is 0.979. The van der Waals surface area contributed by atoms with Crippen molar-refractivity contribution in [3.8, 4) is 5.75 Å². The molecule has 0 radical (unpaired) electrons. The molecule has 0 saturated heterocycles. The number of aryl methyl sites for hydroxylation is 1. The molecule has 2 rings (SSSR count). The van der Waals surface area contributed by atoms with Crippen LogP contribution in [0.4, 0.5) is 0 Å². The summed E-state index contributed by atoms with van der Waals surface area (Å²) in [6.45, 7) is 2.96. The summed E-state index contributed by atoms with van der Waals surface area (Å²) in [5, 5.41) is 0. The van der Waals surface area contributed by atoms with Crippen LogP contribution in [-0.4, -0.2) is 6.61 Å². The van der Waals surface area contributed by atoms with Crippen molar-refractivity contribution in [2.45, 2.75) is 32.2 Å². The van der Waals surface area contributed by atoms with Gasteiger partial charge in [0.25, 0.3) is 0 Å². The van der Waals surface area contributed by atoms with Crippen LogP contribution >= 0.6 is 0 Å². The predicted octanol–water partition coefficient (Wildman–Crippen LogP) is 2.42. The standard InChI is InChI=1S/C12H17NO/c1-2-9-5-6-12-10(8-9)11(13)4-3-7-14-12/h5-6,8,11H,2-4,7,13H2,1H3/t11-/m1/s1. The molecule has 0 amide bonds. The van der Waals surface area contributed by atoms with E-state index in [1.165, 1.54) is 11.1 Å². The molecule has 0 aromatic heterocycles. The molecule has 1 aromatic rings. The monoisotopic (exact) mass is 191 g/mol. The summed E-state index contributed by atoms with van der Waals surface area (Å²) in [6, 6.07) is 6.51. The van der Waals surface area contributed by atoms with Crippen molar-refractivity contribution in [1.82, 2.24) is 0 Å². The fraction of sp³-hybridized carbons (Fsp3) is 0.500. The largest absolute Gasteiger partial charge is 0.493 e. The van der Waals surface area contributed by atoms with Crippen LogP contribution in [-0.2, 0) is 6.42 Å². The summed E-state index contributed by atoms with van der Waals surface area (Å²) in [7, 11) is 0.